The number of hydrogen-bond donors (Lipinski definition) is 0. The molecule has 0 spiro atoms. The monoisotopic (exact) mass is 320 g/mol. The number of oxazole rings is 1. The van der Waals surface area contributed by atoms with E-state index in [0.29, 0.717) is 0 Å². The molecule has 0 radical (unpaired) electrons. The van der Waals surface area contributed by atoms with Crippen molar-refractivity contribution in [2.45, 2.75) is 31.8 Å². The minimum atomic E-state index is 0.233. The summed E-state index contributed by atoms with van der Waals surface area (Å²) >= 11 is 0. The molecule has 0 bridgehead atoms. The van der Waals surface area contributed by atoms with Crippen molar-refractivity contribution in [2.24, 2.45) is 0 Å². The first-order valence-electron chi connectivity index (χ1n) is 8.36. The van der Waals surface area contributed by atoms with Gasteiger partial charge < -0.3 is 4.42 Å². The molecule has 0 saturated carbocycles. The first-order valence-corrected chi connectivity index (χ1v) is 8.36. The van der Waals surface area contributed by atoms with E-state index in [1.54, 1.807) is 12.4 Å². The topological polar surface area (TPSA) is 55.1 Å². The van der Waals surface area contributed by atoms with Gasteiger partial charge in [0.25, 0.3) is 0 Å². The molecule has 1 aliphatic heterocycles. The van der Waals surface area contributed by atoms with Crippen molar-refractivity contribution >= 4 is 0 Å². The Morgan fingerprint density at radius 1 is 1.08 bits per heavy atom. The predicted octanol–water partition coefficient (Wildman–Crippen LogP) is 3.39. The number of rotatable bonds is 5. The standard InChI is InChI=1S/C19H20N4O/c1-2-5-15(6-3-1)11-17-13-22-19(24-17)18-7-4-10-23(18)14-16-12-20-8-9-21-16/h1-3,5-6,8-9,12-13,18H,4,7,10-11,14H2/t18-/m0/s1. The molecule has 3 aromatic rings. The van der Waals surface area contributed by atoms with E-state index in [0.717, 1.165) is 49.7 Å². The van der Waals surface area contributed by atoms with E-state index >= 15 is 0 Å². The number of hydrogen-bond acceptors (Lipinski definition) is 5. The highest BCUT2D eigenvalue weighted by Crippen LogP contribution is 2.32. The van der Waals surface area contributed by atoms with Gasteiger partial charge >= 0.3 is 0 Å². The van der Waals surface area contributed by atoms with Crippen LogP contribution in [0.4, 0.5) is 0 Å². The van der Waals surface area contributed by atoms with Crippen LogP contribution in [0, 0.1) is 0 Å². The second kappa shape index (κ2) is 6.93. The molecule has 0 unspecified atom stereocenters. The third kappa shape index (κ3) is 3.36. The van der Waals surface area contributed by atoms with Crippen molar-refractivity contribution in [3.63, 3.8) is 0 Å². The molecule has 24 heavy (non-hydrogen) atoms. The molecule has 4 rings (SSSR count). The Labute approximate surface area is 141 Å². The Morgan fingerprint density at radius 2 is 2.00 bits per heavy atom. The first kappa shape index (κ1) is 15.0. The van der Waals surface area contributed by atoms with Crippen LogP contribution in [0.5, 0.6) is 0 Å². The van der Waals surface area contributed by atoms with E-state index < -0.39 is 0 Å². The summed E-state index contributed by atoms with van der Waals surface area (Å²) in [7, 11) is 0. The summed E-state index contributed by atoms with van der Waals surface area (Å²) in [4.78, 5) is 15.4. The van der Waals surface area contributed by atoms with Gasteiger partial charge in [0.15, 0.2) is 0 Å². The van der Waals surface area contributed by atoms with Gasteiger partial charge in [0, 0.05) is 31.6 Å². The van der Waals surface area contributed by atoms with Crippen LogP contribution in [0.1, 0.15) is 41.8 Å². The van der Waals surface area contributed by atoms with Gasteiger partial charge in [-0.2, -0.15) is 0 Å². The van der Waals surface area contributed by atoms with Crippen molar-refractivity contribution in [3.8, 4) is 0 Å². The maximum absolute atomic E-state index is 6.05. The van der Waals surface area contributed by atoms with Crippen LogP contribution >= 0.6 is 0 Å². The third-order valence-corrected chi connectivity index (χ3v) is 4.42. The SMILES string of the molecule is c1ccc(Cc2cnc([C@@H]3CCCN3Cc3cnccn3)o2)cc1. The Morgan fingerprint density at radius 3 is 2.83 bits per heavy atom. The van der Waals surface area contributed by atoms with Gasteiger partial charge in [0.05, 0.1) is 17.9 Å². The van der Waals surface area contributed by atoms with Crippen molar-refractivity contribution < 1.29 is 4.42 Å². The van der Waals surface area contributed by atoms with Gasteiger partial charge in [-0.15, -0.1) is 0 Å². The highest BCUT2D eigenvalue weighted by atomic mass is 16.4. The minimum absolute atomic E-state index is 0.233. The summed E-state index contributed by atoms with van der Waals surface area (Å²) in [5, 5.41) is 0. The van der Waals surface area contributed by atoms with Gasteiger partial charge in [-0.05, 0) is 24.9 Å². The molecule has 0 N–H and O–H groups in total. The molecule has 5 heteroatoms. The lowest BCUT2D eigenvalue weighted by atomic mass is 10.1. The molecular weight excluding hydrogens is 300 g/mol. The molecule has 1 atom stereocenters. The molecule has 2 aromatic heterocycles. The second-order valence-electron chi connectivity index (χ2n) is 6.15. The van der Waals surface area contributed by atoms with E-state index in [-0.39, 0.29) is 6.04 Å². The molecule has 5 nitrogen and oxygen atoms in total. The quantitative estimate of drug-likeness (QED) is 0.721. The van der Waals surface area contributed by atoms with Crippen LogP contribution in [0.2, 0.25) is 0 Å². The molecular formula is C19H20N4O. The maximum Gasteiger partial charge on any atom is 0.211 e. The fourth-order valence-electron chi connectivity index (χ4n) is 3.27. The van der Waals surface area contributed by atoms with Gasteiger partial charge in [-0.1, -0.05) is 30.3 Å². The van der Waals surface area contributed by atoms with E-state index in [4.69, 9.17) is 4.42 Å². The summed E-state index contributed by atoms with van der Waals surface area (Å²) in [6, 6.07) is 10.6. The molecule has 1 aliphatic rings. The summed E-state index contributed by atoms with van der Waals surface area (Å²) in [6.07, 6.45) is 10.1. The summed E-state index contributed by atoms with van der Waals surface area (Å²) in [5.74, 6) is 1.74. The summed E-state index contributed by atoms with van der Waals surface area (Å²) in [5.41, 5.74) is 2.23. The summed E-state index contributed by atoms with van der Waals surface area (Å²) < 4.78 is 6.05. The average molecular weight is 320 g/mol. The van der Waals surface area contributed by atoms with Crippen LogP contribution in [0.25, 0.3) is 0 Å². The zero-order valence-corrected chi connectivity index (χ0v) is 13.5. The largest absolute Gasteiger partial charge is 0.444 e. The molecule has 1 fully saturated rings. The molecule has 0 amide bonds. The van der Waals surface area contributed by atoms with Crippen molar-refractivity contribution in [1.82, 2.24) is 19.9 Å². The lowest BCUT2D eigenvalue weighted by Gasteiger charge is -2.21. The number of aromatic nitrogens is 3. The maximum atomic E-state index is 6.05. The van der Waals surface area contributed by atoms with Crippen LogP contribution in [0.3, 0.4) is 0 Å². The van der Waals surface area contributed by atoms with Crippen molar-refractivity contribution in [3.05, 3.63) is 78.0 Å². The smallest absolute Gasteiger partial charge is 0.211 e. The molecule has 3 heterocycles. The van der Waals surface area contributed by atoms with E-state index in [9.17, 15) is 0 Å². The van der Waals surface area contributed by atoms with Crippen LogP contribution in [-0.2, 0) is 13.0 Å². The highest BCUT2D eigenvalue weighted by Gasteiger charge is 2.30. The average Bonchev–Trinajstić information content (AvgIpc) is 3.26. The van der Waals surface area contributed by atoms with Gasteiger partial charge in [-0.3, -0.25) is 14.9 Å². The number of nitrogens with zero attached hydrogens (tertiary/aromatic N) is 4. The Balaban J connectivity index is 1.47. The van der Waals surface area contributed by atoms with Crippen molar-refractivity contribution in [1.29, 1.82) is 0 Å². The minimum Gasteiger partial charge on any atom is -0.444 e. The first-order chi connectivity index (χ1) is 11.9. The third-order valence-electron chi connectivity index (χ3n) is 4.42. The predicted molar refractivity (Wildman–Crippen MR) is 90.2 cm³/mol. The van der Waals surface area contributed by atoms with Crippen LogP contribution in [0.15, 0.2) is 59.5 Å². The molecule has 122 valence electrons. The molecule has 1 aromatic carbocycles. The summed E-state index contributed by atoms with van der Waals surface area (Å²) in [6.45, 7) is 1.83. The fraction of sp³-hybridized carbons (Fsp3) is 0.316. The Hall–Kier alpha value is -2.53. The highest BCUT2D eigenvalue weighted by molar-refractivity contribution is 5.19. The number of likely N-dealkylation sites (tertiary alicyclic amines) is 1. The lowest BCUT2D eigenvalue weighted by molar-refractivity contribution is 0.210. The van der Waals surface area contributed by atoms with Gasteiger partial charge in [0.2, 0.25) is 5.89 Å². The van der Waals surface area contributed by atoms with E-state index in [1.807, 2.05) is 30.6 Å². The van der Waals surface area contributed by atoms with Crippen LogP contribution < -0.4 is 0 Å². The van der Waals surface area contributed by atoms with Gasteiger partial charge in [-0.25, -0.2) is 4.98 Å². The Bertz CT molecular complexity index is 772. The second-order valence-corrected chi connectivity index (χ2v) is 6.15. The van der Waals surface area contributed by atoms with E-state index in [2.05, 4.69) is 32.0 Å². The molecule has 1 saturated heterocycles. The lowest BCUT2D eigenvalue weighted by Crippen LogP contribution is -2.23. The van der Waals surface area contributed by atoms with Gasteiger partial charge in [0.1, 0.15) is 5.76 Å². The Kier molecular flexibility index (Phi) is 4.34. The normalized spacial score (nSPS) is 18.1. The zero-order chi connectivity index (χ0) is 16.2. The zero-order valence-electron chi connectivity index (χ0n) is 13.5. The van der Waals surface area contributed by atoms with Crippen LogP contribution in [-0.4, -0.2) is 26.4 Å². The fourth-order valence-corrected chi connectivity index (χ4v) is 3.27. The number of benzene rings is 1. The van der Waals surface area contributed by atoms with Crippen molar-refractivity contribution in [2.75, 3.05) is 6.54 Å². The molecule has 0 aliphatic carbocycles. The van der Waals surface area contributed by atoms with E-state index in [1.165, 1.54) is 5.56 Å².